The maximum absolute atomic E-state index is 12.8. The van der Waals surface area contributed by atoms with Crippen LogP contribution in [-0.2, 0) is 0 Å². The first-order valence-corrected chi connectivity index (χ1v) is 7.56. The molecule has 2 heterocycles. The van der Waals surface area contributed by atoms with Crippen LogP contribution < -0.4 is 4.90 Å². The van der Waals surface area contributed by atoms with E-state index in [1.54, 1.807) is 17.0 Å². The van der Waals surface area contributed by atoms with Crippen LogP contribution in [-0.4, -0.2) is 17.4 Å². The summed E-state index contributed by atoms with van der Waals surface area (Å²) < 4.78 is 0. The number of halogens is 2. The molecule has 2 aromatic rings. The summed E-state index contributed by atoms with van der Waals surface area (Å²) in [4.78, 5) is 18.6. The van der Waals surface area contributed by atoms with Gasteiger partial charge in [-0.15, -0.1) is 0 Å². The fraction of sp³-hybridized carbons (Fsp3) is 0.250. The van der Waals surface area contributed by atoms with E-state index in [4.69, 9.17) is 23.2 Å². The smallest absolute Gasteiger partial charge is 0.278 e. The summed E-state index contributed by atoms with van der Waals surface area (Å²) in [5.41, 5.74) is 2.31. The summed E-state index contributed by atoms with van der Waals surface area (Å²) in [6, 6.07) is 11.1. The number of benzene rings is 1. The fourth-order valence-electron chi connectivity index (χ4n) is 2.66. The van der Waals surface area contributed by atoms with Crippen LogP contribution in [0.2, 0.25) is 10.2 Å². The average Bonchev–Trinajstić information content (AvgIpc) is 2.50. The SMILES string of the molecule is CC1CCN(C(=O)c2nc(Cl)ccc2Cl)c2ccccc21. The highest BCUT2D eigenvalue weighted by Crippen LogP contribution is 2.35. The average molecular weight is 321 g/mol. The Balaban J connectivity index is 2.03. The number of hydrogen-bond donors (Lipinski definition) is 0. The molecule has 0 saturated heterocycles. The highest BCUT2D eigenvalue weighted by atomic mass is 35.5. The molecule has 0 fully saturated rings. The summed E-state index contributed by atoms with van der Waals surface area (Å²) in [5, 5.41) is 0.585. The Bertz CT molecular complexity index is 702. The Labute approximate surface area is 133 Å². The highest BCUT2D eigenvalue weighted by molar-refractivity contribution is 6.35. The minimum absolute atomic E-state index is 0.202. The molecule has 1 unspecified atom stereocenters. The predicted molar refractivity (Wildman–Crippen MR) is 85.4 cm³/mol. The Kier molecular flexibility index (Phi) is 3.87. The second-order valence-electron chi connectivity index (χ2n) is 5.17. The number of aromatic nitrogens is 1. The normalized spacial score (nSPS) is 17.5. The zero-order valence-electron chi connectivity index (χ0n) is 11.5. The Hall–Kier alpha value is -1.58. The lowest BCUT2D eigenvalue weighted by molar-refractivity contribution is 0.0980. The number of carbonyl (C=O) groups is 1. The third-order valence-corrected chi connectivity index (χ3v) is 4.32. The van der Waals surface area contributed by atoms with Gasteiger partial charge >= 0.3 is 0 Å². The van der Waals surface area contributed by atoms with E-state index in [0.29, 0.717) is 17.5 Å². The van der Waals surface area contributed by atoms with E-state index in [0.717, 1.165) is 12.1 Å². The number of anilines is 1. The van der Waals surface area contributed by atoms with Crippen LogP contribution in [0.5, 0.6) is 0 Å². The van der Waals surface area contributed by atoms with Crippen molar-refractivity contribution in [3.8, 4) is 0 Å². The number of pyridine rings is 1. The van der Waals surface area contributed by atoms with E-state index in [2.05, 4.69) is 18.0 Å². The number of rotatable bonds is 1. The Morgan fingerprint density at radius 2 is 2.00 bits per heavy atom. The van der Waals surface area contributed by atoms with Crippen LogP contribution in [0.25, 0.3) is 0 Å². The molecular weight excluding hydrogens is 307 g/mol. The van der Waals surface area contributed by atoms with E-state index in [9.17, 15) is 4.79 Å². The summed E-state index contributed by atoms with van der Waals surface area (Å²) in [5.74, 6) is 0.231. The van der Waals surface area contributed by atoms with Crippen molar-refractivity contribution >= 4 is 34.8 Å². The first-order valence-electron chi connectivity index (χ1n) is 6.81. The van der Waals surface area contributed by atoms with Crippen molar-refractivity contribution < 1.29 is 4.79 Å². The molecule has 1 aromatic carbocycles. The van der Waals surface area contributed by atoms with Gasteiger partial charge in [0.1, 0.15) is 10.8 Å². The monoisotopic (exact) mass is 320 g/mol. The topological polar surface area (TPSA) is 33.2 Å². The van der Waals surface area contributed by atoms with Crippen LogP contribution in [0.3, 0.4) is 0 Å². The molecule has 1 amide bonds. The second-order valence-corrected chi connectivity index (χ2v) is 5.96. The van der Waals surface area contributed by atoms with E-state index < -0.39 is 0 Å². The van der Waals surface area contributed by atoms with E-state index in [1.807, 2.05) is 18.2 Å². The first-order chi connectivity index (χ1) is 10.1. The summed E-state index contributed by atoms with van der Waals surface area (Å²) in [6.07, 6.45) is 0.918. The molecule has 0 bridgehead atoms. The highest BCUT2D eigenvalue weighted by Gasteiger charge is 2.28. The van der Waals surface area contributed by atoms with Gasteiger partial charge in [0.2, 0.25) is 0 Å². The molecular formula is C16H14Cl2N2O. The van der Waals surface area contributed by atoms with Gasteiger partial charge in [-0.2, -0.15) is 0 Å². The van der Waals surface area contributed by atoms with Crippen LogP contribution in [0.15, 0.2) is 36.4 Å². The number of hydrogen-bond acceptors (Lipinski definition) is 2. The molecule has 1 aliphatic heterocycles. The van der Waals surface area contributed by atoms with Crippen molar-refractivity contribution in [2.75, 3.05) is 11.4 Å². The van der Waals surface area contributed by atoms with E-state index >= 15 is 0 Å². The van der Waals surface area contributed by atoms with Gasteiger partial charge in [0.15, 0.2) is 0 Å². The lowest BCUT2D eigenvalue weighted by Crippen LogP contribution is -2.37. The van der Waals surface area contributed by atoms with Gasteiger partial charge in [0, 0.05) is 12.2 Å². The van der Waals surface area contributed by atoms with Gasteiger partial charge in [0.05, 0.1) is 5.02 Å². The molecule has 1 atom stereocenters. The molecule has 0 aliphatic carbocycles. The zero-order chi connectivity index (χ0) is 15.0. The molecule has 0 radical (unpaired) electrons. The second kappa shape index (κ2) is 5.66. The minimum Gasteiger partial charge on any atom is -0.307 e. The summed E-state index contributed by atoms with van der Waals surface area (Å²) in [6.45, 7) is 2.83. The van der Waals surface area contributed by atoms with Gasteiger partial charge in [-0.3, -0.25) is 4.79 Å². The van der Waals surface area contributed by atoms with Crippen molar-refractivity contribution in [2.45, 2.75) is 19.3 Å². The minimum atomic E-state index is -0.207. The number of amides is 1. The zero-order valence-corrected chi connectivity index (χ0v) is 13.0. The van der Waals surface area contributed by atoms with Gasteiger partial charge in [-0.1, -0.05) is 48.3 Å². The quantitative estimate of drug-likeness (QED) is 0.722. The molecule has 1 aliphatic rings. The third kappa shape index (κ3) is 2.63. The fourth-order valence-corrected chi connectivity index (χ4v) is 2.99. The van der Waals surface area contributed by atoms with Gasteiger partial charge in [-0.05, 0) is 36.1 Å². The van der Waals surface area contributed by atoms with Crippen LogP contribution in [0.4, 0.5) is 5.69 Å². The molecule has 3 rings (SSSR count). The van der Waals surface area contributed by atoms with Crippen molar-refractivity contribution in [3.63, 3.8) is 0 Å². The molecule has 0 N–H and O–H groups in total. The number of para-hydroxylation sites is 1. The molecule has 0 spiro atoms. The molecule has 21 heavy (non-hydrogen) atoms. The summed E-state index contributed by atoms with van der Waals surface area (Å²) >= 11 is 12.0. The summed E-state index contributed by atoms with van der Waals surface area (Å²) in [7, 11) is 0. The van der Waals surface area contributed by atoms with Crippen molar-refractivity contribution in [1.82, 2.24) is 4.98 Å². The van der Waals surface area contributed by atoms with Crippen LogP contribution in [0, 0.1) is 0 Å². The molecule has 1 aromatic heterocycles. The Morgan fingerprint density at radius 3 is 2.81 bits per heavy atom. The van der Waals surface area contributed by atoms with Crippen molar-refractivity contribution in [3.05, 3.63) is 57.8 Å². The maximum Gasteiger partial charge on any atom is 0.278 e. The lowest BCUT2D eigenvalue weighted by Gasteiger charge is -2.32. The molecule has 0 saturated carbocycles. The lowest BCUT2D eigenvalue weighted by atomic mass is 9.91. The number of nitrogens with zero attached hydrogens (tertiary/aromatic N) is 2. The maximum atomic E-state index is 12.8. The van der Waals surface area contributed by atoms with E-state index in [-0.39, 0.29) is 16.8 Å². The van der Waals surface area contributed by atoms with Crippen LogP contribution >= 0.6 is 23.2 Å². The molecule has 5 heteroatoms. The predicted octanol–water partition coefficient (Wildman–Crippen LogP) is 4.54. The number of fused-ring (bicyclic) bond motifs is 1. The van der Waals surface area contributed by atoms with Gasteiger partial charge in [-0.25, -0.2) is 4.98 Å². The number of carbonyl (C=O) groups excluding carboxylic acids is 1. The first kappa shape index (κ1) is 14.4. The molecule has 3 nitrogen and oxygen atoms in total. The molecule has 108 valence electrons. The van der Waals surface area contributed by atoms with Crippen molar-refractivity contribution in [2.24, 2.45) is 0 Å². The van der Waals surface area contributed by atoms with Gasteiger partial charge < -0.3 is 4.90 Å². The van der Waals surface area contributed by atoms with E-state index in [1.165, 1.54) is 5.56 Å². The standard InChI is InChI=1S/C16H14Cl2N2O/c1-10-8-9-20(13-5-3-2-4-11(10)13)16(21)15-12(17)6-7-14(18)19-15/h2-7,10H,8-9H2,1H3. The third-order valence-electron chi connectivity index (χ3n) is 3.80. The Morgan fingerprint density at radius 1 is 1.24 bits per heavy atom. The van der Waals surface area contributed by atoms with Crippen LogP contribution in [0.1, 0.15) is 35.3 Å². The van der Waals surface area contributed by atoms with Gasteiger partial charge in [0.25, 0.3) is 5.91 Å². The largest absolute Gasteiger partial charge is 0.307 e. The van der Waals surface area contributed by atoms with Crippen molar-refractivity contribution in [1.29, 1.82) is 0 Å².